The molecule has 1 unspecified atom stereocenters. The summed E-state index contributed by atoms with van der Waals surface area (Å²) in [6.45, 7) is 3.39. The number of aliphatic carboxylic acids is 1. The largest absolute Gasteiger partial charge is 0.480 e. The first-order valence-corrected chi connectivity index (χ1v) is 6.81. The van der Waals surface area contributed by atoms with Gasteiger partial charge in [0.1, 0.15) is 6.04 Å². The Morgan fingerprint density at radius 2 is 1.90 bits per heavy atom. The predicted octanol–water partition coefficient (Wildman–Crippen LogP) is 1.09. The second-order valence-corrected chi connectivity index (χ2v) is 4.74. The molecule has 1 aromatic rings. The minimum absolute atomic E-state index is 0.249. The zero-order chi connectivity index (χ0) is 15.8. The molecule has 114 valence electrons. The van der Waals surface area contributed by atoms with E-state index in [4.69, 9.17) is 5.11 Å². The summed E-state index contributed by atoms with van der Waals surface area (Å²) < 4.78 is 0. The molecule has 0 aliphatic heterocycles. The van der Waals surface area contributed by atoms with Crippen LogP contribution in [0, 0.1) is 6.92 Å². The fraction of sp³-hybridized carbons (Fsp3) is 0.400. The van der Waals surface area contributed by atoms with Crippen molar-refractivity contribution in [1.29, 1.82) is 0 Å². The number of carboxylic acid groups (broad SMARTS) is 1. The molecule has 0 saturated heterocycles. The maximum Gasteiger partial charge on any atom is 0.326 e. The van der Waals surface area contributed by atoms with Crippen LogP contribution in [0.4, 0.5) is 0 Å². The van der Waals surface area contributed by atoms with E-state index >= 15 is 0 Å². The lowest BCUT2D eigenvalue weighted by Crippen LogP contribution is -2.45. The molecule has 6 nitrogen and oxygen atoms in total. The van der Waals surface area contributed by atoms with Gasteiger partial charge in [-0.1, -0.05) is 31.5 Å². The van der Waals surface area contributed by atoms with Gasteiger partial charge in [0.15, 0.2) is 0 Å². The lowest BCUT2D eigenvalue weighted by Gasteiger charge is -2.14. The summed E-state index contributed by atoms with van der Waals surface area (Å²) in [6, 6.07) is 6.11. The Morgan fingerprint density at radius 3 is 2.48 bits per heavy atom. The summed E-state index contributed by atoms with van der Waals surface area (Å²) in [5.74, 6) is -1.95. The van der Waals surface area contributed by atoms with Gasteiger partial charge < -0.3 is 15.7 Å². The lowest BCUT2D eigenvalue weighted by atomic mass is 10.1. The van der Waals surface area contributed by atoms with Gasteiger partial charge in [-0.25, -0.2) is 4.79 Å². The van der Waals surface area contributed by atoms with Crippen molar-refractivity contribution in [3.8, 4) is 0 Å². The van der Waals surface area contributed by atoms with E-state index in [1.165, 1.54) is 0 Å². The Labute approximate surface area is 123 Å². The molecule has 6 heteroatoms. The van der Waals surface area contributed by atoms with Crippen molar-refractivity contribution in [2.24, 2.45) is 0 Å². The Kier molecular flexibility index (Phi) is 6.39. The van der Waals surface area contributed by atoms with Crippen LogP contribution in [0.2, 0.25) is 0 Å². The highest BCUT2D eigenvalue weighted by Crippen LogP contribution is 2.06. The predicted molar refractivity (Wildman–Crippen MR) is 78.0 cm³/mol. The van der Waals surface area contributed by atoms with Crippen molar-refractivity contribution in [2.75, 3.05) is 6.54 Å². The molecule has 1 aromatic carbocycles. The first kappa shape index (κ1) is 16.7. The number of carboxylic acids is 1. The number of carbonyl (C=O) groups is 3. The van der Waals surface area contributed by atoms with E-state index in [0.717, 1.165) is 5.56 Å². The highest BCUT2D eigenvalue weighted by molar-refractivity contribution is 5.97. The first-order valence-electron chi connectivity index (χ1n) is 6.81. The SMILES string of the molecule is CCCC(NC(=O)CNC(=O)c1ccccc1C)C(=O)O. The smallest absolute Gasteiger partial charge is 0.326 e. The molecule has 0 aliphatic rings. The van der Waals surface area contributed by atoms with Crippen molar-refractivity contribution in [3.63, 3.8) is 0 Å². The number of nitrogens with one attached hydrogen (secondary N) is 2. The lowest BCUT2D eigenvalue weighted by molar-refractivity contribution is -0.141. The van der Waals surface area contributed by atoms with Crippen molar-refractivity contribution in [1.82, 2.24) is 10.6 Å². The number of rotatable bonds is 7. The van der Waals surface area contributed by atoms with Crippen molar-refractivity contribution in [2.45, 2.75) is 32.7 Å². The van der Waals surface area contributed by atoms with Gasteiger partial charge in [0, 0.05) is 5.56 Å². The Morgan fingerprint density at radius 1 is 1.24 bits per heavy atom. The van der Waals surface area contributed by atoms with E-state index < -0.39 is 17.9 Å². The van der Waals surface area contributed by atoms with E-state index in [1.807, 2.05) is 13.0 Å². The minimum Gasteiger partial charge on any atom is -0.480 e. The number of benzene rings is 1. The van der Waals surface area contributed by atoms with Gasteiger partial charge in [-0.05, 0) is 25.0 Å². The summed E-state index contributed by atoms with van der Waals surface area (Å²) >= 11 is 0. The molecule has 3 N–H and O–H groups in total. The van der Waals surface area contributed by atoms with Crippen molar-refractivity contribution in [3.05, 3.63) is 35.4 Å². The van der Waals surface area contributed by atoms with Crippen molar-refractivity contribution >= 4 is 17.8 Å². The maximum atomic E-state index is 11.9. The zero-order valence-electron chi connectivity index (χ0n) is 12.2. The molecule has 0 aliphatic carbocycles. The fourth-order valence-corrected chi connectivity index (χ4v) is 1.87. The summed E-state index contributed by atoms with van der Waals surface area (Å²) in [7, 11) is 0. The van der Waals surface area contributed by atoms with Crippen LogP contribution in [0.5, 0.6) is 0 Å². The van der Waals surface area contributed by atoms with Gasteiger partial charge in [-0.2, -0.15) is 0 Å². The molecule has 0 heterocycles. The van der Waals surface area contributed by atoms with E-state index in [1.54, 1.807) is 25.1 Å². The summed E-state index contributed by atoms with van der Waals surface area (Å²) in [5, 5.41) is 13.8. The third-order valence-electron chi connectivity index (χ3n) is 3.01. The Hall–Kier alpha value is -2.37. The van der Waals surface area contributed by atoms with E-state index in [0.29, 0.717) is 18.4 Å². The molecule has 0 aromatic heterocycles. The zero-order valence-corrected chi connectivity index (χ0v) is 12.2. The summed E-state index contributed by atoms with van der Waals surface area (Å²) in [5.41, 5.74) is 1.30. The highest BCUT2D eigenvalue weighted by Gasteiger charge is 2.19. The molecule has 1 rings (SSSR count). The number of carbonyl (C=O) groups excluding carboxylic acids is 2. The normalized spacial score (nSPS) is 11.5. The van der Waals surface area contributed by atoms with E-state index in [2.05, 4.69) is 10.6 Å². The molecule has 0 fully saturated rings. The van der Waals surface area contributed by atoms with Gasteiger partial charge in [0.25, 0.3) is 5.91 Å². The standard InChI is InChI=1S/C15H20N2O4/c1-3-6-12(15(20)21)17-13(18)9-16-14(19)11-8-5-4-7-10(11)2/h4-5,7-8,12H,3,6,9H2,1-2H3,(H,16,19)(H,17,18)(H,20,21). The van der Waals surface area contributed by atoms with Crippen LogP contribution in [0.25, 0.3) is 0 Å². The number of aryl methyl sites for hydroxylation is 1. The Bertz CT molecular complexity index is 528. The summed E-state index contributed by atoms with van der Waals surface area (Å²) in [6.07, 6.45) is 1.000. The average Bonchev–Trinajstić information content (AvgIpc) is 2.44. The maximum absolute atomic E-state index is 11.9. The molecule has 0 spiro atoms. The van der Waals surface area contributed by atoms with Crippen LogP contribution in [0.1, 0.15) is 35.7 Å². The van der Waals surface area contributed by atoms with Gasteiger partial charge in [-0.15, -0.1) is 0 Å². The molecule has 0 radical (unpaired) electrons. The Balaban J connectivity index is 2.51. The van der Waals surface area contributed by atoms with Crippen molar-refractivity contribution < 1.29 is 19.5 Å². The molecule has 0 saturated carbocycles. The first-order chi connectivity index (χ1) is 9.95. The quantitative estimate of drug-likeness (QED) is 0.701. The van der Waals surface area contributed by atoms with E-state index in [-0.39, 0.29) is 12.5 Å². The second kappa shape index (κ2) is 8.04. The molecule has 1 atom stereocenters. The topological polar surface area (TPSA) is 95.5 Å². The molecular weight excluding hydrogens is 272 g/mol. The fourth-order valence-electron chi connectivity index (χ4n) is 1.87. The van der Waals surface area contributed by atoms with E-state index in [9.17, 15) is 14.4 Å². The van der Waals surface area contributed by atoms with Crippen LogP contribution in [-0.4, -0.2) is 35.5 Å². The molecule has 0 bridgehead atoms. The summed E-state index contributed by atoms with van der Waals surface area (Å²) in [4.78, 5) is 34.5. The van der Waals surface area contributed by atoms with Crippen LogP contribution < -0.4 is 10.6 Å². The highest BCUT2D eigenvalue weighted by atomic mass is 16.4. The number of hydrogen-bond donors (Lipinski definition) is 3. The van der Waals surface area contributed by atoms with Crippen LogP contribution in [0.3, 0.4) is 0 Å². The monoisotopic (exact) mass is 292 g/mol. The minimum atomic E-state index is -1.07. The van der Waals surface area contributed by atoms with Gasteiger partial charge >= 0.3 is 5.97 Å². The molecule has 21 heavy (non-hydrogen) atoms. The van der Waals surface area contributed by atoms with Gasteiger partial charge in [-0.3, -0.25) is 9.59 Å². The third kappa shape index (κ3) is 5.25. The molecular formula is C15H20N2O4. The molecule has 2 amide bonds. The van der Waals surface area contributed by atoms with Crippen LogP contribution in [-0.2, 0) is 9.59 Å². The number of hydrogen-bond acceptors (Lipinski definition) is 3. The van der Waals surface area contributed by atoms with Crippen LogP contribution >= 0.6 is 0 Å². The number of amides is 2. The second-order valence-electron chi connectivity index (χ2n) is 4.74. The third-order valence-corrected chi connectivity index (χ3v) is 3.01. The van der Waals surface area contributed by atoms with Crippen LogP contribution in [0.15, 0.2) is 24.3 Å². The van der Waals surface area contributed by atoms with Gasteiger partial charge in [0.2, 0.25) is 5.91 Å². The van der Waals surface area contributed by atoms with Gasteiger partial charge in [0.05, 0.1) is 6.54 Å². The average molecular weight is 292 g/mol.